The summed E-state index contributed by atoms with van der Waals surface area (Å²) in [5.74, 6) is -0.275. The van der Waals surface area contributed by atoms with E-state index in [9.17, 15) is 14.9 Å². The smallest absolute Gasteiger partial charge is 0.312 e. The molecule has 0 radical (unpaired) electrons. The second-order valence-electron chi connectivity index (χ2n) is 6.57. The Morgan fingerprint density at radius 2 is 2.03 bits per heavy atom. The monoisotopic (exact) mass is 420 g/mol. The zero-order chi connectivity index (χ0) is 21.3. The third-order valence-electron chi connectivity index (χ3n) is 4.60. The molecule has 0 saturated carbocycles. The highest BCUT2D eigenvalue weighted by Crippen LogP contribution is 2.22. The third kappa shape index (κ3) is 3.99. The molecule has 0 spiro atoms. The van der Waals surface area contributed by atoms with Gasteiger partial charge in [-0.15, -0.1) is 0 Å². The van der Waals surface area contributed by atoms with E-state index in [2.05, 4.69) is 15.3 Å². The van der Waals surface area contributed by atoms with Crippen molar-refractivity contribution >= 4 is 23.2 Å². The van der Waals surface area contributed by atoms with Gasteiger partial charge in [-0.25, -0.2) is 4.68 Å². The summed E-state index contributed by atoms with van der Waals surface area (Å²) < 4.78 is 4.73. The lowest BCUT2D eigenvalue weighted by atomic mass is 10.3. The molecule has 29 heavy (non-hydrogen) atoms. The molecule has 0 unspecified atom stereocenters. The van der Waals surface area contributed by atoms with Crippen molar-refractivity contribution in [1.82, 2.24) is 34.2 Å². The van der Waals surface area contributed by atoms with Crippen molar-refractivity contribution in [1.29, 1.82) is 0 Å². The van der Waals surface area contributed by atoms with Crippen molar-refractivity contribution in [3.63, 3.8) is 0 Å². The van der Waals surface area contributed by atoms with E-state index >= 15 is 0 Å². The van der Waals surface area contributed by atoms with Crippen molar-refractivity contribution in [3.8, 4) is 0 Å². The van der Waals surface area contributed by atoms with E-state index in [1.165, 1.54) is 14.3 Å². The number of carbonyl (C=O) groups is 1. The maximum Gasteiger partial charge on any atom is 0.312 e. The van der Waals surface area contributed by atoms with E-state index < -0.39 is 4.92 Å². The van der Waals surface area contributed by atoms with E-state index in [0.717, 1.165) is 5.69 Å². The second-order valence-corrected chi connectivity index (χ2v) is 6.98. The summed E-state index contributed by atoms with van der Waals surface area (Å²) >= 11 is 6.17. The number of aryl methyl sites for hydroxylation is 2. The largest absolute Gasteiger partial charge is 0.334 e. The molecule has 0 fully saturated rings. The summed E-state index contributed by atoms with van der Waals surface area (Å²) in [6.07, 6.45) is 3.19. The number of amides is 1. The molecule has 3 heterocycles. The predicted octanol–water partition coefficient (Wildman–Crippen LogP) is 2.25. The van der Waals surface area contributed by atoms with Gasteiger partial charge in [0.1, 0.15) is 23.8 Å². The lowest BCUT2D eigenvalue weighted by molar-refractivity contribution is -0.386. The minimum Gasteiger partial charge on any atom is -0.334 e. The van der Waals surface area contributed by atoms with E-state index in [1.54, 1.807) is 44.0 Å². The molecule has 3 aromatic rings. The van der Waals surface area contributed by atoms with Gasteiger partial charge in [-0.05, 0) is 26.8 Å². The van der Waals surface area contributed by atoms with Crippen molar-refractivity contribution in [2.45, 2.75) is 40.5 Å². The van der Waals surface area contributed by atoms with Crippen molar-refractivity contribution in [2.24, 2.45) is 0 Å². The number of hydrogen-bond acceptors (Lipinski definition) is 6. The molecular formula is C17H21ClN8O3. The molecule has 0 aliphatic rings. The fourth-order valence-corrected chi connectivity index (χ4v) is 3.29. The number of rotatable bonds is 7. The first-order valence-corrected chi connectivity index (χ1v) is 9.28. The maximum absolute atomic E-state index is 12.7. The van der Waals surface area contributed by atoms with Crippen LogP contribution in [-0.2, 0) is 19.8 Å². The lowest BCUT2D eigenvalue weighted by Gasteiger charge is -2.17. The van der Waals surface area contributed by atoms with E-state index in [4.69, 9.17) is 11.6 Å². The van der Waals surface area contributed by atoms with Gasteiger partial charge in [-0.3, -0.25) is 24.3 Å². The highest BCUT2D eigenvalue weighted by atomic mass is 35.5. The summed E-state index contributed by atoms with van der Waals surface area (Å²) in [6, 6.07) is 1.59. The van der Waals surface area contributed by atoms with Crippen LogP contribution in [0.2, 0.25) is 5.02 Å². The lowest BCUT2D eigenvalue weighted by Crippen LogP contribution is -2.28. The van der Waals surface area contributed by atoms with Crippen LogP contribution in [0, 0.1) is 24.0 Å². The highest BCUT2D eigenvalue weighted by molar-refractivity contribution is 6.31. The van der Waals surface area contributed by atoms with E-state index in [1.807, 2.05) is 6.92 Å². The molecule has 154 valence electrons. The molecule has 0 saturated heterocycles. The summed E-state index contributed by atoms with van der Waals surface area (Å²) in [6.45, 7) is 6.25. The van der Waals surface area contributed by atoms with Gasteiger partial charge in [0, 0.05) is 19.8 Å². The van der Waals surface area contributed by atoms with Crippen LogP contribution in [0.3, 0.4) is 0 Å². The number of nitrogens with zero attached hydrogens (tertiary/aromatic N) is 8. The van der Waals surface area contributed by atoms with E-state index in [0.29, 0.717) is 29.5 Å². The number of carbonyl (C=O) groups excluding carboxylic acids is 1. The summed E-state index contributed by atoms with van der Waals surface area (Å²) in [5.41, 5.74) is 1.75. The molecular weight excluding hydrogens is 400 g/mol. The number of aromatic nitrogens is 6. The van der Waals surface area contributed by atoms with Gasteiger partial charge in [0.2, 0.25) is 0 Å². The molecule has 0 aliphatic heterocycles. The fourth-order valence-electron chi connectivity index (χ4n) is 3.09. The van der Waals surface area contributed by atoms with Crippen LogP contribution in [0.15, 0.2) is 18.5 Å². The summed E-state index contributed by atoms with van der Waals surface area (Å²) in [4.78, 5) is 24.9. The zero-order valence-corrected chi connectivity index (χ0v) is 17.3. The Balaban J connectivity index is 1.74. The molecule has 3 rings (SSSR count). The number of nitro groups is 1. The standard InChI is InChI=1S/C17H21ClN8O3/c1-5-24-15(13(18)8-19-24)9-22(4)17(27)14-6-7-23(21-14)10-25-12(3)16(26(28)29)11(2)20-25/h6-8H,5,9-10H2,1-4H3. The minimum atomic E-state index is -0.451. The average Bonchev–Trinajstić information content (AvgIpc) is 3.34. The van der Waals surface area contributed by atoms with Gasteiger partial charge < -0.3 is 4.90 Å². The predicted molar refractivity (Wildman–Crippen MR) is 105 cm³/mol. The van der Waals surface area contributed by atoms with Crippen LogP contribution >= 0.6 is 11.6 Å². The van der Waals surface area contributed by atoms with Gasteiger partial charge in [-0.2, -0.15) is 15.3 Å². The Hall–Kier alpha value is -3.21. The quantitative estimate of drug-likeness (QED) is 0.427. The van der Waals surface area contributed by atoms with Crippen LogP contribution in [0.4, 0.5) is 5.69 Å². The molecule has 0 bridgehead atoms. The van der Waals surface area contributed by atoms with Gasteiger partial charge in [0.05, 0.1) is 28.4 Å². The minimum absolute atomic E-state index is 0.0161. The Morgan fingerprint density at radius 1 is 1.31 bits per heavy atom. The summed E-state index contributed by atoms with van der Waals surface area (Å²) in [7, 11) is 1.66. The molecule has 0 aromatic carbocycles. The van der Waals surface area contributed by atoms with Gasteiger partial charge >= 0.3 is 5.69 Å². The van der Waals surface area contributed by atoms with Gasteiger partial charge in [0.25, 0.3) is 5.91 Å². The van der Waals surface area contributed by atoms with Gasteiger partial charge in [-0.1, -0.05) is 11.6 Å². The molecule has 0 aliphatic carbocycles. The Morgan fingerprint density at radius 3 is 2.66 bits per heavy atom. The van der Waals surface area contributed by atoms with E-state index in [-0.39, 0.29) is 24.0 Å². The zero-order valence-electron chi connectivity index (χ0n) is 16.5. The Labute approximate surface area is 171 Å². The van der Waals surface area contributed by atoms with Crippen LogP contribution in [0.25, 0.3) is 0 Å². The van der Waals surface area contributed by atoms with Crippen LogP contribution in [0.1, 0.15) is 34.5 Å². The normalized spacial score (nSPS) is 11.1. The molecule has 11 nitrogen and oxygen atoms in total. The molecule has 0 atom stereocenters. The second kappa shape index (κ2) is 8.03. The average molecular weight is 421 g/mol. The molecule has 0 N–H and O–H groups in total. The SMILES string of the molecule is CCn1ncc(Cl)c1CN(C)C(=O)c1ccn(Cn2nc(C)c([N+](=O)[O-])c2C)n1. The molecule has 12 heteroatoms. The number of hydrogen-bond donors (Lipinski definition) is 0. The first-order valence-electron chi connectivity index (χ1n) is 8.90. The first-order chi connectivity index (χ1) is 13.7. The Kier molecular flexibility index (Phi) is 5.69. The van der Waals surface area contributed by atoms with Crippen molar-refractivity contribution in [3.05, 3.63) is 56.4 Å². The Bertz CT molecular complexity index is 1070. The maximum atomic E-state index is 12.7. The van der Waals surface area contributed by atoms with Crippen molar-refractivity contribution in [2.75, 3.05) is 7.05 Å². The highest BCUT2D eigenvalue weighted by Gasteiger charge is 2.23. The third-order valence-corrected chi connectivity index (χ3v) is 4.91. The molecule has 3 aromatic heterocycles. The number of halogens is 1. The van der Waals surface area contributed by atoms with Gasteiger partial charge in [0.15, 0.2) is 0 Å². The van der Waals surface area contributed by atoms with Crippen LogP contribution < -0.4 is 0 Å². The van der Waals surface area contributed by atoms with Crippen LogP contribution in [0.5, 0.6) is 0 Å². The summed E-state index contributed by atoms with van der Waals surface area (Å²) in [5, 5.41) is 24.3. The topological polar surface area (TPSA) is 117 Å². The molecule has 1 amide bonds. The van der Waals surface area contributed by atoms with Crippen LogP contribution in [-0.4, -0.2) is 52.1 Å². The fraction of sp³-hybridized carbons (Fsp3) is 0.412. The van der Waals surface area contributed by atoms with Crippen molar-refractivity contribution < 1.29 is 9.72 Å². The first kappa shape index (κ1) is 20.5.